The number of hydrogen-bond donors (Lipinski definition) is 3. The number of halogens is 4. The number of hydrogen-bond acceptors (Lipinski definition) is 6. The number of carbonyl (C=O) groups is 1. The second-order valence-corrected chi connectivity index (χ2v) is 7.82. The first kappa shape index (κ1) is 24.3. The van der Waals surface area contributed by atoms with Gasteiger partial charge in [0.2, 0.25) is 5.91 Å². The van der Waals surface area contributed by atoms with Crippen LogP contribution in [0.1, 0.15) is 5.56 Å². The molecule has 2 aromatic heterocycles. The Hall–Kier alpha value is -3.83. The third kappa shape index (κ3) is 5.81. The van der Waals surface area contributed by atoms with E-state index in [0.29, 0.717) is 30.1 Å². The van der Waals surface area contributed by atoms with Gasteiger partial charge in [0.15, 0.2) is 5.82 Å². The molecule has 0 saturated carbocycles. The number of nitrogens with zero attached hydrogens (tertiary/aromatic N) is 3. The minimum Gasteiger partial charge on any atom is -0.456 e. The average Bonchev–Trinajstić information content (AvgIpc) is 3.24. The van der Waals surface area contributed by atoms with Crippen molar-refractivity contribution in [2.75, 3.05) is 18.4 Å². The molecule has 182 valence electrons. The van der Waals surface area contributed by atoms with Crippen LogP contribution < -0.4 is 21.1 Å². The third-order valence-corrected chi connectivity index (χ3v) is 5.29. The predicted molar refractivity (Wildman–Crippen MR) is 126 cm³/mol. The highest BCUT2D eigenvalue weighted by Crippen LogP contribution is 2.36. The van der Waals surface area contributed by atoms with Crippen LogP contribution in [0.3, 0.4) is 0 Å². The van der Waals surface area contributed by atoms with Crippen LogP contribution in [-0.4, -0.2) is 33.5 Å². The largest absolute Gasteiger partial charge is 0.456 e. The van der Waals surface area contributed by atoms with Crippen LogP contribution in [-0.2, 0) is 17.5 Å². The van der Waals surface area contributed by atoms with Crippen molar-refractivity contribution < 1.29 is 22.7 Å². The molecular weight excluding hydrogens is 485 g/mol. The number of alkyl halides is 3. The van der Waals surface area contributed by atoms with Crippen LogP contribution in [0, 0.1) is 0 Å². The maximum absolute atomic E-state index is 13.0. The van der Waals surface area contributed by atoms with E-state index in [2.05, 4.69) is 20.6 Å². The molecule has 0 aliphatic heterocycles. The smallest absolute Gasteiger partial charge is 0.416 e. The summed E-state index contributed by atoms with van der Waals surface area (Å²) in [6.07, 6.45) is -1.23. The van der Waals surface area contributed by atoms with Crippen LogP contribution in [0.4, 0.5) is 24.7 Å². The van der Waals surface area contributed by atoms with Gasteiger partial charge in [-0.3, -0.25) is 4.79 Å². The van der Waals surface area contributed by atoms with Crippen molar-refractivity contribution in [3.05, 3.63) is 71.6 Å². The lowest BCUT2D eigenvalue weighted by Gasteiger charge is -2.13. The number of nitrogens with one attached hydrogen (secondary N) is 2. The van der Waals surface area contributed by atoms with Gasteiger partial charge in [-0.05, 0) is 42.5 Å². The molecule has 0 atom stereocenters. The molecule has 1 amide bonds. The maximum atomic E-state index is 13.0. The Balaban J connectivity index is 1.52. The summed E-state index contributed by atoms with van der Waals surface area (Å²) in [4.78, 5) is 20.0. The summed E-state index contributed by atoms with van der Waals surface area (Å²) in [6.45, 7) is 0.764. The Labute approximate surface area is 202 Å². The summed E-state index contributed by atoms with van der Waals surface area (Å²) in [5, 5.41) is 6.08. The lowest BCUT2D eigenvalue weighted by molar-refractivity contribution is -0.137. The zero-order valence-corrected chi connectivity index (χ0v) is 18.9. The normalized spacial score (nSPS) is 11.5. The monoisotopic (exact) mass is 504 g/mol. The molecule has 35 heavy (non-hydrogen) atoms. The third-order valence-electron chi connectivity index (χ3n) is 4.99. The minimum atomic E-state index is -4.48. The van der Waals surface area contributed by atoms with E-state index in [9.17, 15) is 18.0 Å². The van der Waals surface area contributed by atoms with Gasteiger partial charge in [-0.1, -0.05) is 17.7 Å². The van der Waals surface area contributed by atoms with E-state index in [1.807, 2.05) is 16.8 Å². The summed E-state index contributed by atoms with van der Waals surface area (Å²) in [5.41, 5.74) is 6.49. The van der Waals surface area contributed by atoms with Crippen molar-refractivity contribution in [2.24, 2.45) is 5.73 Å². The molecular formula is C23H20ClF3N6O2. The van der Waals surface area contributed by atoms with E-state index in [4.69, 9.17) is 22.1 Å². The average molecular weight is 505 g/mol. The van der Waals surface area contributed by atoms with Gasteiger partial charge in [0.1, 0.15) is 23.3 Å². The summed E-state index contributed by atoms with van der Waals surface area (Å²) < 4.78 is 46.3. The number of nitrogens with two attached hydrogens (primary N) is 1. The first-order chi connectivity index (χ1) is 16.7. The molecule has 0 fully saturated rings. The highest BCUT2D eigenvalue weighted by Gasteiger charge is 2.30. The topological polar surface area (TPSA) is 107 Å². The Morgan fingerprint density at radius 2 is 1.97 bits per heavy atom. The number of carbonyl (C=O) groups excluding carboxylic acids is 1. The SMILES string of the molecule is NCC(=O)NCCn1ccc2ncnc(Nc3ccc(Oc4cccc(C(F)(F)F)c4)c(Cl)c3)c21. The Morgan fingerprint density at radius 1 is 1.14 bits per heavy atom. The zero-order chi connectivity index (χ0) is 25.0. The quantitative estimate of drug-likeness (QED) is 0.321. The lowest BCUT2D eigenvalue weighted by Crippen LogP contribution is -2.32. The minimum absolute atomic E-state index is 0.0134. The van der Waals surface area contributed by atoms with Gasteiger partial charge in [-0.2, -0.15) is 13.2 Å². The number of anilines is 2. The van der Waals surface area contributed by atoms with Crippen molar-refractivity contribution in [2.45, 2.75) is 12.7 Å². The van der Waals surface area contributed by atoms with Crippen LogP contribution in [0.2, 0.25) is 5.02 Å². The fourth-order valence-electron chi connectivity index (χ4n) is 3.36. The molecule has 0 unspecified atom stereocenters. The van der Waals surface area contributed by atoms with E-state index < -0.39 is 11.7 Å². The summed E-state index contributed by atoms with van der Waals surface area (Å²) in [5.74, 6) is 0.466. The molecule has 2 aromatic carbocycles. The molecule has 0 aliphatic carbocycles. The van der Waals surface area contributed by atoms with Gasteiger partial charge in [-0.25, -0.2) is 9.97 Å². The molecule has 0 aliphatic rings. The molecule has 4 rings (SSSR count). The van der Waals surface area contributed by atoms with E-state index in [1.165, 1.54) is 18.5 Å². The standard InChI is InChI=1S/C23H20ClF3N6O2/c24-17-11-15(4-5-19(17)35-16-3-1-2-14(10-16)23(25,26)27)32-22-21-18(30-13-31-22)6-8-33(21)9-7-29-20(34)12-28/h1-6,8,10-11,13H,7,9,12,28H2,(H,29,34)(H,30,31,32). The number of benzene rings is 2. The molecule has 0 saturated heterocycles. The van der Waals surface area contributed by atoms with E-state index in [1.54, 1.807) is 18.2 Å². The number of rotatable bonds is 8. The van der Waals surface area contributed by atoms with Crippen molar-refractivity contribution in [1.82, 2.24) is 19.9 Å². The van der Waals surface area contributed by atoms with Crippen molar-refractivity contribution in [3.63, 3.8) is 0 Å². The van der Waals surface area contributed by atoms with Gasteiger partial charge in [0, 0.05) is 25.0 Å². The second-order valence-electron chi connectivity index (χ2n) is 7.42. The highest BCUT2D eigenvalue weighted by molar-refractivity contribution is 6.32. The number of fused-ring (bicyclic) bond motifs is 1. The Kier molecular flexibility index (Phi) is 7.08. The van der Waals surface area contributed by atoms with Gasteiger partial charge in [0.25, 0.3) is 0 Å². The highest BCUT2D eigenvalue weighted by atomic mass is 35.5. The van der Waals surface area contributed by atoms with Crippen molar-refractivity contribution in [3.8, 4) is 11.5 Å². The van der Waals surface area contributed by atoms with Crippen LogP contribution in [0.15, 0.2) is 61.1 Å². The van der Waals surface area contributed by atoms with E-state index >= 15 is 0 Å². The molecule has 8 nitrogen and oxygen atoms in total. The molecule has 0 spiro atoms. The molecule has 0 radical (unpaired) electrons. The second kappa shape index (κ2) is 10.2. The lowest BCUT2D eigenvalue weighted by atomic mass is 10.2. The fourth-order valence-corrected chi connectivity index (χ4v) is 3.58. The molecule has 0 bridgehead atoms. The first-order valence-electron chi connectivity index (χ1n) is 10.4. The maximum Gasteiger partial charge on any atom is 0.416 e. The summed E-state index contributed by atoms with van der Waals surface area (Å²) >= 11 is 6.34. The predicted octanol–water partition coefficient (Wildman–Crippen LogP) is 4.71. The molecule has 12 heteroatoms. The van der Waals surface area contributed by atoms with Crippen molar-refractivity contribution >= 4 is 40.0 Å². The van der Waals surface area contributed by atoms with Gasteiger partial charge in [0.05, 0.1) is 22.6 Å². The fraction of sp³-hybridized carbons (Fsp3) is 0.174. The molecule has 4 N–H and O–H groups in total. The number of amides is 1. The summed E-state index contributed by atoms with van der Waals surface area (Å²) in [6, 6.07) is 11.2. The number of aromatic nitrogens is 3. The van der Waals surface area contributed by atoms with E-state index in [0.717, 1.165) is 17.6 Å². The van der Waals surface area contributed by atoms with Gasteiger partial charge in [-0.15, -0.1) is 0 Å². The first-order valence-corrected chi connectivity index (χ1v) is 10.8. The van der Waals surface area contributed by atoms with Gasteiger partial charge < -0.3 is 25.7 Å². The van der Waals surface area contributed by atoms with Crippen molar-refractivity contribution in [1.29, 1.82) is 0 Å². The van der Waals surface area contributed by atoms with Gasteiger partial charge >= 0.3 is 6.18 Å². The van der Waals surface area contributed by atoms with Crippen LogP contribution in [0.25, 0.3) is 11.0 Å². The number of ether oxygens (including phenoxy) is 1. The van der Waals surface area contributed by atoms with Crippen LogP contribution in [0.5, 0.6) is 11.5 Å². The zero-order valence-electron chi connectivity index (χ0n) is 18.1. The van der Waals surface area contributed by atoms with E-state index in [-0.39, 0.29) is 29.0 Å². The summed E-state index contributed by atoms with van der Waals surface area (Å²) in [7, 11) is 0. The Bertz CT molecular complexity index is 1360. The molecule has 4 aromatic rings. The Morgan fingerprint density at radius 3 is 2.71 bits per heavy atom. The van der Waals surface area contributed by atoms with Crippen LogP contribution >= 0.6 is 11.6 Å². The molecule has 2 heterocycles.